The third-order valence-corrected chi connectivity index (χ3v) is 3.97. The van der Waals surface area contributed by atoms with E-state index in [1.54, 1.807) is 17.4 Å². The van der Waals surface area contributed by atoms with Crippen molar-refractivity contribution in [2.45, 2.75) is 6.54 Å². The second-order valence-corrected chi connectivity index (χ2v) is 5.69. The molecule has 7 heteroatoms. The van der Waals surface area contributed by atoms with Gasteiger partial charge in [0, 0.05) is 37.9 Å². The largest absolute Gasteiger partial charge is 0.337 e. The Morgan fingerprint density at radius 2 is 2.04 bits per heavy atom. The van der Waals surface area contributed by atoms with Crippen molar-refractivity contribution < 1.29 is 4.79 Å². The number of hydrogen-bond acceptors (Lipinski definition) is 4. The molecule has 0 saturated carbocycles. The molecular formula is C16H16N6O. The second kappa shape index (κ2) is 5.68. The molecule has 4 rings (SSSR count). The fourth-order valence-electron chi connectivity index (χ4n) is 2.75. The number of amides is 1. The van der Waals surface area contributed by atoms with E-state index < -0.39 is 0 Å². The SMILES string of the molecule is O=C(c1cnn(-c2ccccc2)n1)N1CC(Cn2ccnc2)C1. The molecule has 1 saturated heterocycles. The molecule has 0 N–H and O–H groups in total. The number of aromatic nitrogens is 5. The van der Waals surface area contributed by atoms with Gasteiger partial charge in [0.2, 0.25) is 0 Å². The maximum atomic E-state index is 12.4. The minimum atomic E-state index is -0.0611. The fourth-order valence-corrected chi connectivity index (χ4v) is 2.75. The molecule has 0 bridgehead atoms. The number of carbonyl (C=O) groups excluding carboxylic acids is 1. The van der Waals surface area contributed by atoms with Crippen LogP contribution >= 0.6 is 0 Å². The van der Waals surface area contributed by atoms with Crippen molar-refractivity contribution >= 4 is 5.91 Å². The van der Waals surface area contributed by atoms with Gasteiger partial charge in [-0.3, -0.25) is 4.79 Å². The average molecular weight is 308 g/mol. The highest BCUT2D eigenvalue weighted by molar-refractivity contribution is 5.92. The van der Waals surface area contributed by atoms with Crippen molar-refractivity contribution in [1.82, 2.24) is 29.4 Å². The molecule has 23 heavy (non-hydrogen) atoms. The first-order chi connectivity index (χ1) is 11.3. The van der Waals surface area contributed by atoms with Crippen molar-refractivity contribution in [3.63, 3.8) is 0 Å². The zero-order chi connectivity index (χ0) is 15.6. The van der Waals surface area contributed by atoms with Gasteiger partial charge in [-0.05, 0) is 12.1 Å². The lowest BCUT2D eigenvalue weighted by atomic mass is 10.00. The number of carbonyl (C=O) groups is 1. The summed E-state index contributed by atoms with van der Waals surface area (Å²) in [6.45, 7) is 2.38. The van der Waals surface area contributed by atoms with Gasteiger partial charge in [0.15, 0.2) is 5.69 Å². The number of nitrogens with zero attached hydrogens (tertiary/aromatic N) is 6. The van der Waals surface area contributed by atoms with Gasteiger partial charge in [0.25, 0.3) is 5.91 Å². The standard InChI is InChI=1S/C16H16N6O/c23-16(21-10-13(11-21)9-20-7-6-17-12-20)15-8-18-22(19-15)14-4-2-1-3-5-14/h1-8,12-13H,9-11H2. The molecule has 2 aromatic heterocycles. The number of rotatable bonds is 4. The average Bonchev–Trinajstić information content (AvgIpc) is 3.22. The van der Waals surface area contributed by atoms with Crippen LogP contribution in [-0.2, 0) is 6.54 Å². The van der Waals surface area contributed by atoms with E-state index in [4.69, 9.17) is 0 Å². The zero-order valence-corrected chi connectivity index (χ0v) is 12.5. The summed E-state index contributed by atoms with van der Waals surface area (Å²) in [5.74, 6) is 0.409. The van der Waals surface area contributed by atoms with Crippen LogP contribution in [0.3, 0.4) is 0 Å². The maximum Gasteiger partial charge on any atom is 0.276 e. The molecule has 1 aliphatic heterocycles. The Bertz CT molecular complexity index is 789. The quantitative estimate of drug-likeness (QED) is 0.727. The van der Waals surface area contributed by atoms with Crippen molar-refractivity contribution in [1.29, 1.82) is 0 Å². The summed E-state index contributed by atoms with van der Waals surface area (Å²) in [6, 6.07) is 9.56. The molecule has 116 valence electrons. The van der Waals surface area contributed by atoms with E-state index in [1.165, 1.54) is 11.0 Å². The molecule has 0 aliphatic carbocycles. The Hall–Kier alpha value is -2.96. The Kier molecular flexibility index (Phi) is 3.38. The van der Waals surface area contributed by atoms with Gasteiger partial charge in [0.05, 0.1) is 18.2 Å². The third-order valence-electron chi connectivity index (χ3n) is 3.97. The van der Waals surface area contributed by atoms with Gasteiger partial charge in [-0.2, -0.15) is 9.90 Å². The molecule has 0 unspecified atom stereocenters. The maximum absolute atomic E-state index is 12.4. The Balaban J connectivity index is 1.38. The fraction of sp³-hybridized carbons (Fsp3) is 0.250. The smallest absolute Gasteiger partial charge is 0.276 e. The van der Waals surface area contributed by atoms with Gasteiger partial charge in [-0.25, -0.2) is 4.98 Å². The van der Waals surface area contributed by atoms with Gasteiger partial charge >= 0.3 is 0 Å². The van der Waals surface area contributed by atoms with E-state index in [-0.39, 0.29) is 5.91 Å². The Labute approximate surface area is 133 Å². The first-order valence-electron chi connectivity index (χ1n) is 7.52. The molecular weight excluding hydrogens is 292 g/mol. The number of hydrogen-bond donors (Lipinski definition) is 0. The summed E-state index contributed by atoms with van der Waals surface area (Å²) >= 11 is 0. The number of imidazole rings is 1. The predicted molar refractivity (Wildman–Crippen MR) is 83.0 cm³/mol. The highest BCUT2D eigenvalue weighted by atomic mass is 16.2. The molecule has 3 aromatic rings. The number of para-hydroxylation sites is 1. The van der Waals surface area contributed by atoms with E-state index >= 15 is 0 Å². The van der Waals surface area contributed by atoms with Crippen LogP contribution in [0.2, 0.25) is 0 Å². The first-order valence-corrected chi connectivity index (χ1v) is 7.52. The van der Waals surface area contributed by atoms with E-state index in [2.05, 4.69) is 15.2 Å². The summed E-state index contributed by atoms with van der Waals surface area (Å²) in [6.07, 6.45) is 7.04. The van der Waals surface area contributed by atoms with Crippen molar-refractivity contribution in [3.8, 4) is 5.69 Å². The summed E-state index contributed by atoms with van der Waals surface area (Å²) in [5.41, 5.74) is 1.23. The molecule has 0 radical (unpaired) electrons. The molecule has 1 fully saturated rings. The molecule has 1 aromatic carbocycles. The van der Waals surface area contributed by atoms with Crippen LogP contribution in [-0.4, -0.2) is 48.4 Å². The lowest BCUT2D eigenvalue weighted by Gasteiger charge is -2.38. The van der Waals surface area contributed by atoms with Crippen LogP contribution in [0.1, 0.15) is 10.5 Å². The summed E-state index contributed by atoms with van der Waals surface area (Å²) < 4.78 is 2.04. The topological polar surface area (TPSA) is 68.8 Å². The van der Waals surface area contributed by atoms with Crippen molar-refractivity contribution in [2.24, 2.45) is 5.92 Å². The van der Waals surface area contributed by atoms with Gasteiger partial charge in [-0.15, -0.1) is 5.10 Å². The summed E-state index contributed by atoms with van der Waals surface area (Å²) in [7, 11) is 0. The molecule has 1 aliphatic rings. The highest BCUT2D eigenvalue weighted by Gasteiger charge is 2.32. The van der Waals surface area contributed by atoms with Crippen LogP contribution in [0.15, 0.2) is 55.2 Å². The molecule has 1 amide bonds. The minimum Gasteiger partial charge on any atom is -0.337 e. The highest BCUT2D eigenvalue weighted by Crippen LogP contribution is 2.19. The summed E-state index contributed by atoms with van der Waals surface area (Å²) in [4.78, 5) is 19.7. The van der Waals surface area contributed by atoms with Gasteiger partial charge in [0.1, 0.15) is 0 Å². The van der Waals surface area contributed by atoms with Gasteiger partial charge in [-0.1, -0.05) is 18.2 Å². The van der Waals surface area contributed by atoms with Gasteiger partial charge < -0.3 is 9.47 Å². The monoisotopic (exact) mass is 308 g/mol. The van der Waals surface area contributed by atoms with E-state index in [0.717, 1.165) is 25.3 Å². The van der Waals surface area contributed by atoms with Crippen LogP contribution in [0.25, 0.3) is 5.69 Å². The van der Waals surface area contributed by atoms with E-state index in [1.807, 2.05) is 41.1 Å². The lowest BCUT2D eigenvalue weighted by Crippen LogP contribution is -2.51. The van der Waals surface area contributed by atoms with Crippen LogP contribution in [0.4, 0.5) is 0 Å². The first kappa shape index (κ1) is 13.7. The molecule has 0 atom stereocenters. The Morgan fingerprint density at radius 1 is 1.22 bits per heavy atom. The van der Waals surface area contributed by atoms with Crippen molar-refractivity contribution in [3.05, 3.63) is 60.9 Å². The minimum absolute atomic E-state index is 0.0611. The normalized spacial score (nSPS) is 14.7. The molecule has 7 nitrogen and oxygen atoms in total. The second-order valence-electron chi connectivity index (χ2n) is 5.69. The molecule has 3 heterocycles. The molecule has 0 spiro atoms. The third kappa shape index (κ3) is 2.73. The lowest BCUT2D eigenvalue weighted by molar-refractivity contribution is 0.0462. The van der Waals surface area contributed by atoms with Crippen LogP contribution < -0.4 is 0 Å². The van der Waals surface area contributed by atoms with E-state index in [9.17, 15) is 4.79 Å². The van der Waals surface area contributed by atoms with Crippen LogP contribution in [0, 0.1) is 5.92 Å². The summed E-state index contributed by atoms with van der Waals surface area (Å²) in [5, 5.41) is 8.46. The number of likely N-dealkylation sites (tertiary alicyclic amines) is 1. The van der Waals surface area contributed by atoms with Crippen LogP contribution in [0.5, 0.6) is 0 Å². The van der Waals surface area contributed by atoms with E-state index in [0.29, 0.717) is 11.6 Å². The predicted octanol–water partition coefficient (Wildman–Crippen LogP) is 1.24. The van der Waals surface area contributed by atoms with Crippen molar-refractivity contribution in [2.75, 3.05) is 13.1 Å². The Morgan fingerprint density at radius 3 is 2.78 bits per heavy atom. The zero-order valence-electron chi connectivity index (χ0n) is 12.5. The number of benzene rings is 1.